The predicted molar refractivity (Wildman–Crippen MR) is 76.9 cm³/mol. The lowest BCUT2D eigenvalue weighted by atomic mass is 10.3. The number of carbonyl (C=O) groups excluding carboxylic acids is 1. The molecule has 7 heteroatoms. The summed E-state index contributed by atoms with van der Waals surface area (Å²) < 4.78 is 5.18. The molecule has 1 amide bonds. The number of amides is 1. The second-order valence-corrected chi connectivity index (χ2v) is 5.35. The zero-order valence-electron chi connectivity index (χ0n) is 10.1. The fraction of sp³-hybridized carbons (Fsp3) is 0.167. The molecule has 0 aliphatic rings. The molecule has 19 heavy (non-hydrogen) atoms. The van der Waals surface area contributed by atoms with Gasteiger partial charge in [-0.05, 0) is 24.3 Å². The largest absolute Gasteiger partial charge is 0.453 e. The van der Waals surface area contributed by atoms with Crippen LogP contribution in [-0.2, 0) is 11.3 Å². The van der Waals surface area contributed by atoms with Gasteiger partial charge in [-0.15, -0.1) is 11.3 Å². The van der Waals surface area contributed by atoms with Crippen molar-refractivity contribution >= 4 is 40.4 Å². The molecule has 0 bridgehead atoms. The van der Waals surface area contributed by atoms with Crippen molar-refractivity contribution in [1.29, 1.82) is 0 Å². The Balaban J connectivity index is 1.89. The molecule has 2 N–H and O–H groups in total. The Morgan fingerprint density at radius 2 is 2.05 bits per heavy atom. The number of halogens is 1. The van der Waals surface area contributed by atoms with Crippen molar-refractivity contribution < 1.29 is 9.53 Å². The monoisotopic (exact) mass is 297 g/mol. The molecule has 1 aromatic heterocycles. The molecule has 0 radical (unpaired) electrons. The van der Waals surface area contributed by atoms with Gasteiger partial charge in [0.15, 0.2) is 0 Å². The minimum Gasteiger partial charge on any atom is -0.453 e. The number of anilines is 2. The van der Waals surface area contributed by atoms with Gasteiger partial charge in [0.2, 0.25) is 0 Å². The van der Waals surface area contributed by atoms with E-state index in [1.807, 2.05) is 12.1 Å². The molecule has 0 aliphatic heterocycles. The van der Waals surface area contributed by atoms with Gasteiger partial charge in [0.25, 0.3) is 0 Å². The summed E-state index contributed by atoms with van der Waals surface area (Å²) >= 11 is 7.24. The van der Waals surface area contributed by atoms with Crippen molar-refractivity contribution in [2.75, 3.05) is 17.7 Å². The molecular weight excluding hydrogens is 286 g/mol. The lowest BCUT2D eigenvalue weighted by Gasteiger charge is -2.06. The van der Waals surface area contributed by atoms with E-state index in [0.717, 1.165) is 10.7 Å². The van der Waals surface area contributed by atoms with Gasteiger partial charge in [-0.2, -0.15) is 0 Å². The summed E-state index contributed by atoms with van der Waals surface area (Å²) in [5.74, 6) is 0. The lowest BCUT2D eigenvalue weighted by molar-refractivity contribution is 0.187. The second kappa shape index (κ2) is 6.40. The highest BCUT2D eigenvalue weighted by Crippen LogP contribution is 2.20. The van der Waals surface area contributed by atoms with Crippen LogP contribution >= 0.6 is 22.9 Å². The van der Waals surface area contributed by atoms with Gasteiger partial charge in [-0.3, -0.25) is 5.32 Å². The molecule has 5 nitrogen and oxygen atoms in total. The van der Waals surface area contributed by atoms with Gasteiger partial charge in [0, 0.05) is 11.4 Å². The van der Waals surface area contributed by atoms with Crippen LogP contribution in [0.4, 0.5) is 16.2 Å². The highest BCUT2D eigenvalue weighted by Gasteiger charge is 2.02. The van der Waals surface area contributed by atoms with Crippen LogP contribution in [0.3, 0.4) is 0 Å². The number of hydrogen-bond donors (Lipinski definition) is 2. The number of nitrogens with one attached hydrogen (secondary N) is 2. The number of aromatic nitrogens is 1. The number of nitrogens with zero attached hydrogens (tertiary/aromatic N) is 1. The Morgan fingerprint density at radius 3 is 2.63 bits per heavy atom. The predicted octanol–water partition coefficient (Wildman–Crippen LogP) is 3.59. The quantitative estimate of drug-likeness (QED) is 0.905. The Hall–Kier alpha value is -1.79. The maximum Gasteiger partial charge on any atom is 0.411 e. The summed E-state index contributed by atoms with van der Waals surface area (Å²) in [6, 6.07) is 7.29. The summed E-state index contributed by atoms with van der Waals surface area (Å²) in [6.45, 7) is 0.612. The van der Waals surface area contributed by atoms with Gasteiger partial charge >= 0.3 is 6.09 Å². The van der Waals surface area contributed by atoms with Gasteiger partial charge in [-0.25, -0.2) is 9.78 Å². The van der Waals surface area contributed by atoms with E-state index in [1.54, 1.807) is 18.3 Å². The van der Waals surface area contributed by atoms with Crippen LogP contribution in [0.2, 0.25) is 4.34 Å². The number of methoxy groups -OCH3 is 1. The van der Waals surface area contributed by atoms with E-state index in [0.29, 0.717) is 16.6 Å². The molecular formula is C12H12ClN3O2S. The maximum atomic E-state index is 11.0. The van der Waals surface area contributed by atoms with Crippen LogP contribution in [0.15, 0.2) is 30.5 Å². The number of thiazole rings is 1. The molecule has 0 aliphatic carbocycles. The lowest BCUT2D eigenvalue weighted by Crippen LogP contribution is -2.10. The van der Waals surface area contributed by atoms with E-state index in [2.05, 4.69) is 20.4 Å². The normalized spacial score (nSPS) is 10.0. The molecule has 2 rings (SSSR count). The summed E-state index contributed by atoms with van der Waals surface area (Å²) in [4.78, 5) is 15.2. The highest BCUT2D eigenvalue weighted by atomic mass is 35.5. The molecule has 0 saturated heterocycles. The number of rotatable bonds is 4. The minimum atomic E-state index is -0.488. The van der Waals surface area contributed by atoms with E-state index >= 15 is 0 Å². The molecule has 0 unspecified atom stereocenters. The van der Waals surface area contributed by atoms with Crippen LogP contribution in [0, 0.1) is 0 Å². The fourth-order valence-corrected chi connectivity index (χ4v) is 2.28. The molecule has 100 valence electrons. The van der Waals surface area contributed by atoms with Gasteiger partial charge < -0.3 is 10.1 Å². The Kier molecular flexibility index (Phi) is 4.59. The number of hydrogen-bond acceptors (Lipinski definition) is 5. The van der Waals surface area contributed by atoms with Crippen molar-refractivity contribution in [2.24, 2.45) is 0 Å². The third-order valence-corrected chi connectivity index (χ3v) is 3.40. The first-order valence-corrected chi connectivity index (χ1v) is 6.66. The Labute approximate surface area is 119 Å². The molecule has 1 aromatic carbocycles. The van der Waals surface area contributed by atoms with E-state index in [4.69, 9.17) is 11.6 Å². The minimum absolute atomic E-state index is 0.488. The average molecular weight is 298 g/mol. The number of carbonyl (C=O) groups is 1. The van der Waals surface area contributed by atoms with E-state index in [9.17, 15) is 4.79 Å². The zero-order valence-corrected chi connectivity index (χ0v) is 11.7. The van der Waals surface area contributed by atoms with Crippen molar-refractivity contribution in [2.45, 2.75) is 6.54 Å². The standard InChI is InChI=1S/C12H12ClN3O2S/c1-18-12(17)16-9-4-2-8(3-5-9)14-7-11-15-6-10(13)19-11/h2-6,14H,7H2,1H3,(H,16,17). The molecule has 1 heterocycles. The van der Waals surface area contributed by atoms with Crippen LogP contribution in [0.1, 0.15) is 5.01 Å². The van der Waals surface area contributed by atoms with Gasteiger partial charge in [0.1, 0.15) is 9.34 Å². The fourth-order valence-electron chi connectivity index (χ4n) is 1.39. The average Bonchev–Trinajstić information content (AvgIpc) is 2.83. The summed E-state index contributed by atoms with van der Waals surface area (Å²) in [6.07, 6.45) is 1.14. The third kappa shape index (κ3) is 4.11. The summed E-state index contributed by atoms with van der Waals surface area (Å²) in [5.41, 5.74) is 1.61. The second-order valence-electron chi connectivity index (χ2n) is 3.61. The van der Waals surface area contributed by atoms with Crippen LogP contribution < -0.4 is 10.6 Å². The molecule has 0 saturated carbocycles. The van der Waals surface area contributed by atoms with E-state index < -0.39 is 6.09 Å². The Bertz CT molecular complexity index is 556. The molecule has 2 aromatic rings. The zero-order chi connectivity index (χ0) is 13.7. The first kappa shape index (κ1) is 13.6. The van der Waals surface area contributed by atoms with E-state index in [1.165, 1.54) is 18.4 Å². The number of ether oxygens (including phenoxy) is 1. The molecule has 0 fully saturated rings. The summed E-state index contributed by atoms with van der Waals surface area (Å²) in [7, 11) is 1.32. The van der Waals surface area contributed by atoms with Crippen molar-refractivity contribution in [3.8, 4) is 0 Å². The first-order valence-electron chi connectivity index (χ1n) is 5.46. The Morgan fingerprint density at radius 1 is 1.37 bits per heavy atom. The topological polar surface area (TPSA) is 63.2 Å². The number of benzene rings is 1. The van der Waals surface area contributed by atoms with Crippen molar-refractivity contribution in [3.05, 3.63) is 39.8 Å². The van der Waals surface area contributed by atoms with Gasteiger partial charge in [-0.1, -0.05) is 11.6 Å². The summed E-state index contributed by atoms with van der Waals surface area (Å²) in [5, 5.41) is 6.71. The maximum absolute atomic E-state index is 11.0. The van der Waals surface area contributed by atoms with Crippen LogP contribution in [0.25, 0.3) is 0 Å². The van der Waals surface area contributed by atoms with Crippen LogP contribution in [0.5, 0.6) is 0 Å². The van der Waals surface area contributed by atoms with E-state index in [-0.39, 0.29) is 0 Å². The van der Waals surface area contributed by atoms with Gasteiger partial charge in [0.05, 0.1) is 19.9 Å². The van der Waals surface area contributed by atoms with Crippen molar-refractivity contribution in [1.82, 2.24) is 4.98 Å². The molecule has 0 spiro atoms. The molecule has 0 atom stereocenters. The van der Waals surface area contributed by atoms with Crippen molar-refractivity contribution in [3.63, 3.8) is 0 Å². The SMILES string of the molecule is COC(=O)Nc1ccc(NCc2ncc(Cl)s2)cc1. The third-order valence-electron chi connectivity index (χ3n) is 2.29. The first-order chi connectivity index (χ1) is 9.17. The van der Waals surface area contributed by atoms with Crippen LogP contribution in [-0.4, -0.2) is 18.2 Å². The smallest absolute Gasteiger partial charge is 0.411 e. The highest BCUT2D eigenvalue weighted by molar-refractivity contribution is 7.15.